The summed E-state index contributed by atoms with van der Waals surface area (Å²) in [7, 11) is -4.64. The summed E-state index contributed by atoms with van der Waals surface area (Å²) in [6, 6.07) is 4.35. The highest BCUT2D eigenvalue weighted by atomic mass is 32.2. The number of rotatable bonds is 4. The van der Waals surface area contributed by atoms with Crippen LogP contribution in [0.15, 0.2) is 29.2 Å². The Morgan fingerprint density at radius 3 is 2.00 bits per heavy atom. The molecule has 0 aliphatic carbocycles. The van der Waals surface area contributed by atoms with Crippen molar-refractivity contribution < 1.29 is 31.2 Å². The lowest BCUT2D eigenvalue weighted by atomic mass is 10.2. The van der Waals surface area contributed by atoms with E-state index in [1.165, 1.54) is 12.1 Å². The molecule has 0 aromatic heterocycles. The van der Waals surface area contributed by atoms with Crippen molar-refractivity contribution in [2.24, 2.45) is 5.92 Å². The SMILES string of the molecule is CC(C)C(=O)Nc1ccc(S(=O)(=O)NC(=O)C(F)(F)F)cc1. The molecular formula is C12H13F3N2O4S. The molecule has 0 radical (unpaired) electrons. The van der Waals surface area contributed by atoms with E-state index < -0.39 is 27.0 Å². The van der Waals surface area contributed by atoms with Crippen molar-refractivity contribution in [3.63, 3.8) is 0 Å². The third-order valence-electron chi connectivity index (χ3n) is 2.44. The van der Waals surface area contributed by atoms with Gasteiger partial charge in [-0.05, 0) is 24.3 Å². The Labute approximate surface area is 124 Å². The minimum atomic E-state index is -5.31. The van der Waals surface area contributed by atoms with E-state index in [0.717, 1.165) is 16.9 Å². The maximum Gasteiger partial charge on any atom is 0.472 e. The van der Waals surface area contributed by atoms with Gasteiger partial charge in [0.05, 0.1) is 4.90 Å². The molecule has 0 saturated carbocycles. The van der Waals surface area contributed by atoms with Crippen LogP contribution in [0.25, 0.3) is 0 Å². The normalized spacial score (nSPS) is 12.1. The van der Waals surface area contributed by atoms with Gasteiger partial charge in [0.2, 0.25) is 5.91 Å². The van der Waals surface area contributed by atoms with E-state index >= 15 is 0 Å². The van der Waals surface area contributed by atoms with Crippen molar-refractivity contribution in [1.82, 2.24) is 4.72 Å². The average molecular weight is 338 g/mol. The van der Waals surface area contributed by atoms with Crippen LogP contribution >= 0.6 is 0 Å². The van der Waals surface area contributed by atoms with Gasteiger partial charge in [-0.3, -0.25) is 9.59 Å². The Morgan fingerprint density at radius 2 is 1.59 bits per heavy atom. The first kappa shape index (κ1) is 18.0. The number of carbonyl (C=O) groups excluding carboxylic acids is 2. The number of hydrogen-bond acceptors (Lipinski definition) is 4. The molecule has 1 aromatic rings. The second kappa shape index (κ2) is 6.34. The zero-order valence-corrected chi connectivity index (χ0v) is 12.4. The zero-order chi connectivity index (χ0) is 17.1. The third kappa shape index (κ3) is 4.72. The largest absolute Gasteiger partial charge is 0.472 e. The second-order valence-corrected chi connectivity index (χ2v) is 6.28. The quantitative estimate of drug-likeness (QED) is 0.873. The van der Waals surface area contributed by atoms with Gasteiger partial charge >= 0.3 is 12.1 Å². The van der Waals surface area contributed by atoms with Gasteiger partial charge in [-0.15, -0.1) is 0 Å². The van der Waals surface area contributed by atoms with Crippen LogP contribution in [0.4, 0.5) is 18.9 Å². The first-order chi connectivity index (χ1) is 9.93. The van der Waals surface area contributed by atoms with E-state index in [1.807, 2.05) is 0 Å². The Bertz CT molecular complexity index is 667. The van der Waals surface area contributed by atoms with Gasteiger partial charge in [-0.25, -0.2) is 13.1 Å². The monoisotopic (exact) mass is 338 g/mol. The molecule has 0 aliphatic rings. The summed E-state index contributed by atoms with van der Waals surface area (Å²) in [6.45, 7) is 3.31. The Kier molecular flexibility index (Phi) is 5.17. The first-order valence-electron chi connectivity index (χ1n) is 5.98. The molecule has 0 aliphatic heterocycles. The van der Waals surface area contributed by atoms with E-state index in [9.17, 15) is 31.2 Å². The van der Waals surface area contributed by atoms with Crippen LogP contribution < -0.4 is 10.0 Å². The second-order valence-electron chi connectivity index (χ2n) is 4.60. The smallest absolute Gasteiger partial charge is 0.326 e. The fourth-order valence-electron chi connectivity index (χ4n) is 1.24. The van der Waals surface area contributed by atoms with Crippen LogP contribution in [0.2, 0.25) is 0 Å². The number of alkyl halides is 3. The van der Waals surface area contributed by atoms with Gasteiger partial charge in [-0.1, -0.05) is 13.8 Å². The number of nitrogens with one attached hydrogen (secondary N) is 2. The summed E-state index contributed by atoms with van der Waals surface area (Å²) in [5, 5.41) is 2.48. The van der Waals surface area contributed by atoms with Crippen molar-refractivity contribution >= 4 is 27.5 Å². The highest BCUT2D eigenvalue weighted by Gasteiger charge is 2.41. The molecule has 0 spiro atoms. The lowest BCUT2D eigenvalue weighted by Crippen LogP contribution is -2.40. The van der Waals surface area contributed by atoms with E-state index in [1.54, 1.807) is 13.8 Å². The molecule has 0 fully saturated rings. The van der Waals surface area contributed by atoms with Crippen LogP contribution in [0, 0.1) is 5.92 Å². The number of carbonyl (C=O) groups is 2. The van der Waals surface area contributed by atoms with Gasteiger partial charge in [0.15, 0.2) is 0 Å². The fourth-order valence-corrected chi connectivity index (χ4v) is 2.21. The van der Waals surface area contributed by atoms with E-state index in [0.29, 0.717) is 0 Å². The minimum absolute atomic E-state index is 0.278. The summed E-state index contributed by atoms with van der Waals surface area (Å²) in [5.74, 6) is -3.18. The molecule has 0 saturated heterocycles. The average Bonchev–Trinajstić information content (AvgIpc) is 2.37. The van der Waals surface area contributed by atoms with E-state index in [2.05, 4.69) is 5.32 Å². The predicted molar refractivity (Wildman–Crippen MR) is 71.3 cm³/mol. The molecule has 2 N–H and O–H groups in total. The number of amides is 2. The molecule has 22 heavy (non-hydrogen) atoms. The number of anilines is 1. The highest BCUT2D eigenvalue weighted by molar-refractivity contribution is 7.90. The standard InChI is InChI=1S/C12H13F3N2O4S/c1-7(2)10(18)16-8-3-5-9(6-4-8)22(20,21)17-11(19)12(13,14)15/h3-7H,1-2H3,(H,16,18)(H,17,19). The van der Waals surface area contributed by atoms with Crippen molar-refractivity contribution in [3.8, 4) is 0 Å². The Balaban J connectivity index is 2.90. The number of benzene rings is 1. The van der Waals surface area contributed by atoms with Gasteiger partial charge in [0.1, 0.15) is 0 Å². The van der Waals surface area contributed by atoms with Crippen molar-refractivity contribution in [2.45, 2.75) is 24.9 Å². The lowest BCUT2D eigenvalue weighted by Gasteiger charge is -2.10. The minimum Gasteiger partial charge on any atom is -0.326 e. The zero-order valence-electron chi connectivity index (χ0n) is 11.6. The lowest BCUT2D eigenvalue weighted by molar-refractivity contribution is -0.171. The van der Waals surface area contributed by atoms with Crippen LogP contribution in [0.1, 0.15) is 13.8 Å². The van der Waals surface area contributed by atoms with Gasteiger partial charge in [0, 0.05) is 11.6 Å². The van der Waals surface area contributed by atoms with Crippen LogP contribution in [0.5, 0.6) is 0 Å². The van der Waals surface area contributed by atoms with Crippen molar-refractivity contribution in [3.05, 3.63) is 24.3 Å². The summed E-state index contributed by atoms with van der Waals surface area (Å²) < 4.78 is 60.3. The summed E-state index contributed by atoms with van der Waals surface area (Å²) in [4.78, 5) is 21.6. The Hall–Kier alpha value is -2.10. The summed E-state index contributed by atoms with van der Waals surface area (Å²) in [6.07, 6.45) is -5.31. The van der Waals surface area contributed by atoms with Gasteiger partial charge in [0.25, 0.3) is 10.0 Å². The van der Waals surface area contributed by atoms with Gasteiger partial charge in [-0.2, -0.15) is 13.2 Å². The predicted octanol–water partition coefficient (Wildman–Crippen LogP) is 1.65. The summed E-state index contributed by atoms with van der Waals surface area (Å²) >= 11 is 0. The molecule has 0 atom stereocenters. The first-order valence-corrected chi connectivity index (χ1v) is 7.46. The molecule has 1 aromatic carbocycles. The van der Waals surface area contributed by atoms with Crippen LogP contribution in [-0.4, -0.2) is 26.4 Å². The molecule has 0 unspecified atom stereocenters. The van der Waals surface area contributed by atoms with Crippen LogP contribution in [-0.2, 0) is 19.6 Å². The molecule has 2 amide bonds. The molecule has 6 nitrogen and oxygen atoms in total. The third-order valence-corrected chi connectivity index (χ3v) is 3.79. The van der Waals surface area contributed by atoms with Gasteiger partial charge < -0.3 is 5.32 Å². The topological polar surface area (TPSA) is 92.3 Å². The van der Waals surface area contributed by atoms with E-state index in [4.69, 9.17) is 0 Å². The maximum atomic E-state index is 12.1. The van der Waals surface area contributed by atoms with Crippen molar-refractivity contribution in [2.75, 3.05) is 5.32 Å². The summed E-state index contributed by atoms with van der Waals surface area (Å²) in [5.41, 5.74) is 0.278. The molecule has 1 rings (SSSR count). The van der Waals surface area contributed by atoms with Crippen LogP contribution in [0.3, 0.4) is 0 Å². The molecule has 10 heteroatoms. The number of halogens is 3. The number of sulfonamides is 1. The Morgan fingerprint density at radius 1 is 1.09 bits per heavy atom. The highest BCUT2D eigenvalue weighted by Crippen LogP contribution is 2.18. The maximum absolute atomic E-state index is 12.1. The molecule has 0 bridgehead atoms. The number of hydrogen-bond donors (Lipinski definition) is 2. The molecule has 122 valence electrons. The fraction of sp³-hybridized carbons (Fsp3) is 0.333. The molecule has 0 heterocycles. The van der Waals surface area contributed by atoms with E-state index in [-0.39, 0.29) is 17.5 Å². The van der Waals surface area contributed by atoms with Crippen molar-refractivity contribution in [1.29, 1.82) is 0 Å². The molecular weight excluding hydrogens is 325 g/mol.